The van der Waals surface area contributed by atoms with Gasteiger partial charge in [0.25, 0.3) is 5.91 Å². The molecule has 2 aromatic rings. The van der Waals surface area contributed by atoms with Gasteiger partial charge in [-0.15, -0.1) is 0 Å². The van der Waals surface area contributed by atoms with E-state index in [0.29, 0.717) is 38.1 Å². The van der Waals surface area contributed by atoms with Crippen LogP contribution in [0.3, 0.4) is 0 Å². The van der Waals surface area contributed by atoms with Gasteiger partial charge in [-0.2, -0.15) is 5.10 Å². The van der Waals surface area contributed by atoms with E-state index in [1.54, 1.807) is 23.6 Å². The van der Waals surface area contributed by atoms with Gasteiger partial charge in [0.05, 0.1) is 0 Å². The highest BCUT2D eigenvalue weighted by Crippen LogP contribution is 2.13. The molecule has 0 spiro atoms. The fourth-order valence-electron chi connectivity index (χ4n) is 3.32. The predicted octanol–water partition coefficient (Wildman–Crippen LogP) is 1.49. The second-order valence-electron chi connectivity index (χ2n) is 7.37. The van der Waals surface area contributed by atoms with E-state index in [9.17, 15) is 14.4 Å². The number of aryl methyl sites for hydroxylation is 3. The third kappa shape index (κ3) is 6.04. The van der Waals surface area contributed by atoms with Crippen LogP contribution in [-0.4, -0.2) is 39.2 Å². The molecule has 29 heavy (non-hydrogen) atoms. The van der Waals surface area contributed by atoms with Crippen LogP contribution >= 0.6 is 0 Å². The van der Waals surface area contributed by atoms with E-state index in [-0.39, 0.29) is 24.0 Å². The van der Waals surface area contributed by atoms with E-state index in [1.165, 1.54) is 4.68 Å². The summed E-state index contributed by atoms with van der Waals surface area (Å²) in [5, 5.41) is 7.18. The largest absolute Gasteiger partial charge is 0.484 e. The predicted molar refractivity (Wildman–Crippen MR) is 108 cm³/mol. The molecule has 0 fully saturated rings. The van der Waals surface area contributed by atoms with Gasteiger partial charge in [-0.05, 0) is 50.3 Å². The van der Waals surface area contributed by atoms with E-state index >= 15 is 0 Å². The van der Waals surface area contributed by atoms with Crippen LogP contribution in [0.1, 0.15) is 44.0 Å². The van der Waals surface area contributed by atoms with Crippen LogP contribution in [0.2, 0.25) is 0 Å². The first-order valence-corrected chi connectivity index (χ1v) is 10.2. The number of hydrogen-bond acceptors (Lipinski definition) is 5. The summed E-state index contributed by atoms with van der Waals surface area (Å²) in [6.07, 6.45) is 4.82. The standard InChI is InChI=1S/C21H28N4O4/c1-16(26)6-7-17-8-10-18(11-9-17)29-15-20(27)22-12-4-14-25-21(28)24-13-3-2-5-19(24)23-25/h8-11H,2-7,12-15H2,1H3,(H,22,27). The molecule has 1 aliphatic heterocycles. The molecule has 8 heteroatoms. The number of nitrogens with zero attached hydrogens (tertiary/aromatic N) is 3. The van der Waals surface area contributed by atoms with Crippen LogP contribution in [0.25, 0.3) is 0 Å². The molecular weight excluding hydrogens is 372 g/mol. The van der Waals surface area contributed by atoms with Crippen molar-refractivity contribution in [3.8, 4) is 5.75 Å². The van der Waals surface area contributed by atoms with Gasteiger partial charge < -0.3 is 14.8 Å². The van der Waals surface area contributed by atoms with Gasteiger partial charge in [0.1, 0.15) is 17.4 Å². The highest BCUT2D eigenvalue weighted by molar-refractivity contribution is 5.77. The Balaban J connectivity index is 1.35. The fourth-order valence-corrected chi connectivity index (χ4v) is 3.32. The summed E-state index contributed by atoms with van der Waals surface area (Å²) in [4.78, 5) is 35.2. The van der Waals surface area contributed by atoms with E-state index in [1.807, 2.05) is 12.1 Å². The molecule has 1 aliphatic rings. The summed E-state index contributed by atoms with van der Waals surface area (Å²) in [5.74, 6) is 1.44. The molecule has 1 amide bonds. The summed E-state index contributed by atoms with van der Waals surface area (Å²) in [5.41, 5.74) is 1.01. The van der Waals surface area contributed by atoms with Gasteiger partial charge in [0.2, 0.25) is 0 Å². The molecule has 0 radical (unpaired) electrons. The van der Waals surface area contributed by atoms with Crippen molar-refractivity contribution < 1.29 is 14.3 Å². The Kier molecular flexibility index (Phi) is 7.21. The Morgan fingerprint density at radius 1 is 1.21 bits per heavy atom. The fraction of sp³-hybridized carbons (Fsp3) is 0.524. The number of amides is 1. The topological polar surface area (TPSA) is 95.2 Å². The van der Waals surface area contributed by atoms with E-state index in [4.69, 9.17) is 4.74 Å². The summed E-state index contributed by atoms with van der Waals surface area (Å²) in [6.45, 7) is 3.21. The second-order valence-corrected chi connectivity index (χ2v) is 7.37. The molecule has 0 atom stereocenters. The Bertz CT molecular complexity index is 898. The molecule has 0 saturated carbocycles. The number of carbonyl (C=O) groups excluding carboxylic acids is 2. The van der Waals surface area contributed by atoms with E-state index < -0.39 is 0 Å². The monoisotopic (exact) mass is 400 g/mol. The molecule has 3 rings (SSSR count). The summed E-state index contributed by atoms with van der Waals surface area (Å²) in [7, 11) is 0. The number of hydrogen-bond donors (Lipinski definition) is 1. The van der Waals surface area contributed by atoms with Crippen LogP contribution in [0.5, 0.6) is 5.75 Å². The normalized spacial score (nSPS) is 13.0. The zero-order chi connectivity index (χ0) is 20.6. The number of ketones is 1. The molecule has 0 saturated heterocycles. The van der Waals surface area contributed by atoms with Crippen molar-refractivity contribution in [2.75, 3.05) is 13.2 Å². The molecule has 156 valence electrons. The van der Waals surface area contributed by atoms with Crippen molar-refractivity contribution in [1.82, 2.24) is 19.7 Å². The molecular formula is C21H28N4O4. The molecule has 1 N–H and O–H groups in total. The van der Waals surface area contributed by atoms with Crippen molar-refractivity contribution in [2.24, 2.45) is 0 Å². The molecule has 0 aliphatic carbocycles. The number of aromatic nitrogens is 3. The van der Waals surface area contributed by atoms with Crippen molar-refractivity contribution in [3.63, 3.8) is 0 Å². The quantitative estimate of drug-likeness (QED) is 0.610. The number of nitrogens with one attached hydrogen (secondary N) is 1. The van der Waals surface area contributed by atoms with E-state index in [0.717, 1.165) is 37.2 Å². The maximum atomic E-state index is 12.2. The maximum Gasteiger partial charge on any atom is 0.345 e. The minimum Gasteiger partial charge on any atom is -0.484 e. The summed E-state index contributed by atoms with van der Waals surface area (Å²) < 4.78 is 8.74. The van der Waals surface area contributed by atoms with Crippen LogP contribution in [-0.2, 0) is 35.5 Å². The zero-order valence-electron chi connectivity index (χ0n) is 16.9. The first kappa shape index (κ1) is 20.8. The second kappa shape index (κ2) is 10.0. The minimum absolute atomic E-state index is 0.0545. The van der Waals surface area contributed by atoms with Crippen LogP contribution in [0, 0.1) is 0 Å². The van der Waals surface area contributed by atoms with Gasteiger partial charge in [0, 0.05) is 32.5 Å². The third-order valence-corrected chi connectivity index (χ3v) is 4.96. The van der Waals surface area contributed by atoms with Gasteiger partial charge in [-0.3, -0.25) is 9.36 Å². The lowest BCUT2D eigenvalue weighted by atomic mass is 10.1. The Labute approximate surface area is 169 Å². The SMILES string of the molecule is CC(=O)CCc1ccc(OCC(=O)NCCCn2nc3n(c2=O)CCCC3)cc1. The van der Waals surface area contributed by atoms with E-state index in [2.05, 4.69) is 10.4 Å². The lowest BCUT2D eigenvalue weighted by Gasteiger charge is -2.09. The van der Waals surface area contributed by atoms with Crippen LogP contribution in [0.4, 0.5) is 0 Å². The first-order chi connectivity index (χ1) is 14.0. The van der Waals surface area contributed by atoms with Crippen LogP contribution < -0.4 is 15.7 Å². The van der Waals surface area contributed by atoms with Crippen molar-refractivity contribution in [1.29, 1.82) is 0 Å². The summed E-state index contributed by atoms with van der Waals surface area (Å²) in [6, 6.07) is 7.40. The lowest BCUT2D eigenvalue weighted by Crippen LogP contribution is -2.31. The first-order valence-electron chi connectivity index (χ1n) is 10.2. The van der Waals surface area contributed by atoms with Crippen molar-refractivity contribution in [2.45, 2.75) is 58.5 Å². The molecule has 1 aromatic heterocycles. The Morgan fingerprint density at radius 2 is 2.00 bits per heavy atom. The number of rotatable bonds is 10. The summed E-state index contributed by atoms with van der Waals surface area (Å²) >= 11 is 0. The molecule has 2 heterocycles. The van der Waals surface area contributed by atoms with Crippen LogP contribution in [0.15, 0.2) is 29.1 Å². The van der Waals surface area contributed by atoms with Gasteiger partial charge in [0.15, 0.2) is 6.61 Å². The number of fused-ring (bicyclic) bond motifs is 1. The maximum absolute atomic E-state index is 12.2. The molecule has 0 unspecified atom stereocenters. The lowest BCUT2D eigenvalue weighted by molar-refractivity contribution is -0.123. The number of benzene rings is 1. The Hall–Kier alpha value is -2.90. The van der Waals surface area contributed by atoms with Gasteiger partial charge in [-0.25, -0.2) is 9.48 Å². The minimum atomic E-state index is -0.206. The van der Waals surface area contributed by atoms with Gasteiger partial charge >= 0.3 is 5.69 Å². The van der Waals surface area contributed by atoms with Gasteiger partial charge in [-0.1, -0.05) is 12.1 Å². The van der Waals surface area contributed by atoms with Crippen molar-refractivity contribution in [3.05, 3.63) is 46.1 Å². The Morgan fingerprint density at radius 3 is 2.72 bits per heavy atom. The highest BCUT2D eigenvalue weighted by Gasteiger charge is 2.16. The van der Waals surface area contributed by atoms with Crippen molar-refractivity contribution >= 4 is 11.7 Å². The number of carbonyl (C=O) groups is 2. The third-order valence-electron chi connectivity index (χ3n) is 4.96. The average molecular weight is 400 g/mol. The zero-order valence-corrected chi connectivity index (χ0v) is 16.9. The number of Topliss-reactive ketones (excluding diaryl/α,β-unsaturated/α-hetero) is 1. The molecule has 0 bridgehead atoms. The average Bonchev–Trinajstić information content (AvgIpc) is 3.05. The molecule has 1 aromatic carbocycles. The number of ether oxygens (including phenoxy) is 1. The molecule has 8 nitrogen and oxygen atoms in total. The smallest absolute Gasteiger partial charge is 0.345 e. The highest BCUT2D eigenvalue weighted by atomic mass is 16.5.